The molecular formula is C29H21F5N4O5S. The predicted molar refractivity (Wildman–Crippen MR) is 147 cm³/mol. The molecule has 228 valence electrons. The third-order valence-corrected chi connectivity index (χ3v) is 8.13. The summed E-state index contributed by atoms with van der Waals surface area (Å²) in [5, 5.41) is 14.0. The first kappa shape index (κ1) is 29.3. The molecule has 0 amide bonds. The molecule has 9 nitrogen and oxygen atoms in total. The third kappa shape index (κ3) is 5.28. The van der Waals surface area contributed by atoms with Crippen molar-refractivity contribution in [1.29, 1.82) is 0 Å². The largest absolute Gasteiger partial charge is 0.586 e. The van der Waals surface area contributed by atoms with E-state index in [4.69, 9.17) is 0 Å². The number of aryl methyl sites for hydroxylation is 1. The van der Waals surface area contributed by atoms with Crippen molar-refractivity contribution < 1.29 is 45.0 Å². The summed E-state index contributed by atoms with van der Waals surface area (Å²) in [6, 6.07) is 14.9. The fraction of sp³-hybridized carbons (Fsp3) is 0.172. The van der Waals surface area contributed by atoms with Crippen LogP contribution in [0.4, 0.5) is 22.0 Å². The van der Waals surface area contributed by atoms with Crippen LogP contribution in [0.2, 0.25) is 0 Å². The van der Waals surface area contributed by atoms with E-state index in [1.54, 1.807) is 30.3 Å². The molecule has 0 spiro atoms. The van der Waals surface area contributed by atoms with Crippen LogP contribution in [0.25, 0.3) is 33.8 Å². The minimum absolute atomic E-state index is 0.0364. The second-order valence-corrected chi connectivity index (χ2v) is 11.9. The van der Waals surface area contributed by atoms with Crippen LogP contribution in [-0.4, -0.2) is 45.4 Å². The monoisotopic (exact) mass is 632 g/mol. The fourth-order valence-corrected chi connectivity index (χ4v) is 5.93. The molecule has 0 radical (unpaired) electrons. The van der Waals surface area contributed by atoms with E-state index in [0.29, 0.717) is 22.4 Å². The number of rotatable bonds is 6. The molecule has 6 rings (SSSR count). The van der Waals surface area contributed by atoms with Gasteiger partial charge in [0.1, 0.15) is 5.82 Å². The van der Waals surface area contributed by atoms with Crippen molar-refractivity contribution in [1.82, 2.24) is 19.3 Å². The molecule has 3 heterocycles. The summed E-state index contributed by atoms with van der Waals surface area (Å²) in [5.74, 6) is -0.383. The number of aliphatic hydroxyl groups excluding tert-OH is 1. The number of aliphatic hydroxyl groups is 1. The number of halogens is 5. The van der Waals surface area contributed by atoms with Crippen molar-refractivity contribution in [2.24, 2.45) is 0 Å². The first-order valence-electron chi connectivity index (χ1n) is 12.8. The number of imidazole rings is 1. The van der Waals surface area contributed by atoms with Crippen molar-refractivity contribution in [3.05, 3.63) is 90.1 Å². The first-order chi connectivity index (χ1) is 20.6. The van der Waals surface area contributed by atoms with Gasteiger partial charge in [0.15, 0.2) is 27.0 Å². The molecular weight excluding hydrogens is 611 g/mol. The van der Waals surface area contributed by atoms with Crippen molar-refractivity contribution >= 4 is 9.84 Å². The van der Waals surface area contributed by atoms with E-state index in [9.17, 15) is 35.5 Å². The second kappa shape index (κ2) is 10.2. The zero-order valence-electron chi connectivity index (χ0n) is 22.8. The summed E-state index contributed by atoms with van der Waals surface area (Å²) >= 11 is 0. The van der Waals surface area contributed by atoms with E-state index in [0.717, 1.165) is 12.5 Å². The molecule has 0 saturated carbocycles. The molecule has 2 aromatic heterocycles. The van der Waals surface area contributed by atoms with E-state index in [2.05, 4.69) is 19.6 Å². The van der Waals surface area contributed by atoms with Gasteiger partial charge < -0.3 is 19.1 Å². The highest BCUT2D eigenvalue weighted by Gasteiger charge is 2.43. The number of alkyl halides is 5. The molecule has 0 aliphatic carbocycles. The SMILES string of the molecule is Cc1nc(C(F)(F)F)cn1-c1ccc(-c2ccc(CO)c(S(C)(=O)=O)c2)cc1-c1ccnn1-c1ccc2c(c1)OC(F)(F)O2. The van der Waals surface area contributed by atoms with Crippen molar-refractivity contribution in [3.63, 3.8) is 0 Å². The quantitative estimate of drug-likeness (QED) is 0.231. The molecule has 5 aromatic rings. The maximum absolute atomic E-state index is 13.7. The lowest BCUT2D eigenvalue weighted by Gasteiger charge is -2.17. The Morgan fingerprint density at radius 2 is 1.66 bits per heavy atom. The number of sulfone groups is 1. The van der Waals surface area contributed by atoms with Crippen LogP contribution in [0.1, 0.15) is 17.1 Å². The summed E-state index contributed by atoms with van der Waals surface area (Å²) in [6.45, 7) is 0.906. The number of fused-ring (bicyclic) bond motifs is 1. The van der Waals surface area contributed by atoms with E-state index in [1.165, 1.54) is 52.7 Å². The van der Waals surface area contributed by atoms with Crippen LogP contribution < -0.4 is 9.47 Å². The molecule has 0 unspecified atom stereocenters. The first-order valence-corrected chi connectivity index (χ1v) is 14.7. The Morgan fingerprint density at radius 3 is 2.34 bits per heavy atom. The zero-order chi connectivity index (χ0) is 31.6. The summed E-state index contributed by atoms with van der Waals surface area (Å²) < 4.78 is 105. The fourth-order valence-electron chi connectivity index (χ4n) is 4.98. The smallest absolute Gasteiger partial charge is 0.395 e. The van der Waals surface area contributed by atoms with Gasteiger partial charge in [0.2, 0.25) is 0 Å². The molecule has 1 N–H and O–H groups in total. The van der Waals surface area contributed by atoms with Gasteiger partial charge in [0, 0.05) is 24.1 Å². The van der Waals surface area contributed by atoms with Gasteiger partial charge in [-0.1, -0.05) is 18.2 Å². The van der Waals surface area contributed by atoms with Crippen LogP contribution in [0.15, 0.2) is 78.0 Å². The second-order valence-electron chi connectivity index (χ2n) is 9.95. The summed E-state index contributed by atoms with van der Waals surface area (Å²) in [5.41, 5.74) is 1.30. The van der Waals surface area contributed by atoms with Crippen molar-refractivity contribution in [2.75, 3.05) is 6.26 Å². The van der Waals surface area contributed by atoms with Crippen molar-refractivity contribution in [2.45, 2.75) is 30.9 Å². The number of hydrogen-bond donors (Lipinski definition) is 1. The molecule has 0 saturated heterocycles. The molecule has 0 bridgehead atoms. The van der Waals surface area contributed by atoms with Crippen molar-refractivity contribution in [3.8, 4) is 45.3 Å². The highest BCUT2D eigenvalue weighted by Crippen LogP contribution is 2.43. The molecule has 3 aromatic carbocycles. The Hall–Kier alpha value is -4.76. The number of benzene rings is 3. The minimum atomic E-state index is -4.71. The highest BCUT2D eigenvalue weighted by molar-refractivity contribution is 7.90. The average molecular weight is 633 g/mol. The number of aromatic nitrogens is 4. The lowest BCUT2D eigenvalue weighted by atomic mass is 9.98. The van der Waals surface area contributed by atoms with Gasteiger partial charge in [-0.2, -0.15) is 18.3 Å². The summed E-state index contributed by atoms with van der Waals surface area (Å²) in [4.78, 5) is 3.60. The van der Waals surface area contributed by atoms with Crippen LogP contribution >= 0.6 is 0 Å². The molecule has 0 fully saturated rings. The Kier molecular flexibility index (Phi) is 6.77. The molecule has 44 heavy (non-hydrogen) atoms. The average Bonchev–Trinajstić information content (AvgIpc) is 3.67. The normalized spacial score (nSPS) is 14.3. The predicted octanol–water partition coefficient (Wildman–Crippen LogP) is 5.94. The van der Waals surface area contributed by atoms with Gasteiger partial charge in [-0.15, -0.1) is 8.78 Å². The maximum atomic E-state index is 13.7. The van der Waals surface area contributed by atoms with Gasteiger partial charge in [-0.25, -0.2) is 18.1 Å². The standard InChI is InChI=1S/C29H21F5N4O5S/c1-16-36-27(28(30,31)32)14-37(16)22-7-5-17(18-3-4-19(15-39)26(12-18)44(2,40)41)11-21(22)23-9-10-35-38(23)20-6-8-24-25(13-20)43-29(33,34)42-24/h3-14,39H,15H2,1-2H3. The Bertz CT molecular complexity index is 2040. The Balaban J connectivity index is 1.55. The summed E-state index contributed by atoms with van der Waals surface area (Å²) in [7, 11) is -3.72. The van der Waals surface area contributed by atoms with Crippen LogP contribution in [0.5, 0.6) is 11.5 Å². The number of hydrogen-bond acceptors (Lipinski definition) is 7. The summed E-state index contributed by atoms with van der Waals surface area (Å²) in [6.07, 6.45) is -5.26. The van der Waals surface area contributed by atoms with Gasteiger partial charge in [-0.05, 0) is 60.0 Å². The lowest BCUT2D eigenvalue weighted by Crippen LogP contribution is -2.25. The van der Waals surface area contributed by atoms with E-state index < -0.39 is 34.6 Å². The van der Waals surface area contributed by atoms with Crippen LogP contribution in [-0.2, 0) is 22.6 Å². The molecule has 1 aliphatic rings. The van der Waals surface area contributed by atoms with Crippen LogP contribution in [0, 0.1) is 6.92 Å². The topological polar surface area (TPSA) is 108 Å². The number of nitrogens with zero attached hydrogens (tertiary/aromatic N) is 4. The van der Waals surface area contributed by atoms with Gasteiger partial charge in [-0.3, -0.25) is 0 Å². The zero-order valence-corrected chi connectivity index (χ0v) is 23.6. The van der Waals surface area contributed by atoms with Gasteiger partial charge >= 0.3 is 12.5 Å². The van der Waals surface area contributed by atoms with Crippen LogP contribution in [0.3, 0.4) is 0 Å². The van der Waals surface area contributed by atoms with Gasteiger partial charge in [0.05, 0.1) is 34.8 Å². The molecule has 15 heteroatoms. The van der Waals surface area contributed by atoms with E-state index in [1.807, 2.05) is 0 Å². The van der Waals surface area contributed by atoms with E-state index in [-0.39, 0.29) is 39.2 Å². The number of ether oxygens (including phenoxy) is 2. The Morgan fingerprint density at radius 1 is 0.955 bits per heavy atom. The lowest BCUT2D eigenvalue weighted by molar-refractivity contribution is -0.286. The maximum Gasteiger partial charge on any atom is 0.586 e. The van der Waals surface area contributed by atoms with Gasteiger partial charge in [0.25, 0.3) is 0 Å². The highest BCUT2D eigenvalue weighted by atomic mass is 32.2. The molecule has 0 atom stereocenters. The Labute approximate surface area is 246 Å². The minimum Gasteiger partial charge on any atom is -0.395 e. The van der Waals surface area contributed by atoms with E-state index >= 15 is 0 Å². The third-order valence-electron chi connectivity index (χ3n) is 6.95. The molecule has 1 aliphatic heterocycles.